The van der Waals surface area contributed by atoms with E-state index in [-0.39, 0.29) is 36.7 Å². The average Bonchev–Trinajstić information content (AvgIpc) is 3.53. The minimum absolute atomic E-state index is 0.0444. The highest BCUT2D eigenvalue weighted by Gasteiger charge is 2.36. The van der Waals surface area contributed by atoms with Gasteiger partial charge in [0.25, 0.3) is 0 Å². The Labute approximate surface area is 205 Å². The molecular weight excluding hydrogens is 476 g/mol. The number of anilines is 2. The number of nitrogens with zero attached hydrogens (tertiary/aromatic N) is 3. The molecule has 2 fully saturated rings. The van der Waals surface area contributed by atoms with Gasteiger partial charge < -0.3 is 15.5 Å². The van der Waals surface area contributed by atoms with E-state index < -0.39 is 12.2 Å². The Bertz CT molecular complexity index is 1230. The minimum Gasteiger partial charge on any atom is -0.322 e. The van der Waals surface area contributed by atoms with E-state index in [2.05, 4.69) is 21.0 Å². The van der Waals surface area contributed by atoms with Crippen LogP contribution in [0.5, 0.6) is 0 Å². The van der Waals surface area contributed by atoms with Gasteiger partial charge in [0.15, 0.2) is 6.29 Å². The first-order valence-corrected chi connectivity index (χ1v) is 12.2. The Kier molecular flexibility index (Phi) is 6.11. The first kappa shape index (κ1) is 22.6. The second-order valence-electron chi connectivity index (χ2n) is 8.45. The van der Waals surface area contributed by atoms with E-state index in [1.54, 1.807) is 39.9 Å². The maximum Gasteiger partial charge on any atom is 0.230 e. The van der Waals surface area contributed by atoms with E-state index >= 15 is 0 Å². The van der Waals surface area contributed by atoms with Crippen molar-refractivity contribution in [2.45, 2.75) is 32.1 Å². The van der Waals surface area contributed by atoms with Crippen molar-refractivity contribution in [3.63, 3.8) is 0 Å². The van der Waals surface area contributed by atoms with Gasteiger partial charge in [0.1, 0.15) is 11.5 Å². The van der Waals surface area contributed by atoms with Crippen molar-refractivity contribution in [2.75, 3.05) is 16.8 Å². The van der Waals surface area contributed by atoms with Gasteiger partial charge in [0.05, 0.1) is 10.8 Å². The number of aromatic nitrogens is 2. The molecule has 4 heterocycles. The highest BCUT2D eigenvalue weighted by atomic mass is 35.5. The lowest BCUT2D eigenvalue weighted by atomic mass is 10.1. The van der Waals surface area contributed by atoms with Gasteiger partial charge in [-0.2, -0.15) is 5.10 Å². The quantitative estimate of drug-likeness (QED) is 0.500. The maximum atomic E-state index is 13.2. The fourth-order valence-electron chi connectivity index (χ4n) is 4.20. The summed E-state index contributed by atoms with van der Waals surface area (Å²) in [5.41, 5.74) is 1.39. The molecule has 9 nitrogen and oxygen atoms in total. The zero-order valence-corrected chi connectivity index (χ0v) is 19.9. The molecule has 34 heavy (non-hydrogen) atoms. The Morgan fingerprint density at radius 1 is 1.21 bits per heavy atom. The molecule has 3 aromatic rings. The summed E-state index contributed by atoms with van der Waals surface area (Å²) in [7, 11) is 0. The molecule has 11 heteroatoms. The third-order valence-corrected chi connectivity index (χ3v) is 7.02. The highest BCUT2D eigenvalue weighted by molar-refractivity contribution is 7.13. The summed E-state index contributed by atoms with van der Waals surface area (Å²) >= 11 is 7.49. The Balaban J connectivity index is 1.38. The van der Waals surface area contributed by atoms with Crippen LogP contribution in [0, 0.1) is 5.92 Å². The van der Waals surface area contributed by atoms with Crippen LogP contribution in [0.25, 0.3) is 10.6 Å². The van der Waals surface area contributed by atoms with E-state index in [0.717, 1.165) is 4.88 Å². The molecule has 2 aromatic heterocycles. The highest BCUT2D eigenvalue weighted by Crippen LogP contribution is 2.30. The topological polar surface area (TPSA) is 108 Å². The molecule has 0 saturated carbocycles. The normalized spacial score (nSPS) is 22.6. The molecule has 1 aromatic carbocycles. The summed E-state index contributed by atoms with van der Waals surface area (Å²) in [6.07, 6.45) is -0.131. The molecule has 0 aliphatic carbocycles. The second-order valence-corrected chi connectivity index (χ2v) is 9.83. The molecule has 5 rings (SSSR count). The first-order valence-electron chi connectivity index (χ1n) is 10.9. The number of hydrogen-bond acceptors (Lipinski definition) is 6. The predicted octanol–water partition coefficient (Wildman–Crippen LogP) is 3.21. The van der Waals surface area contributed by atoms with Crippen molar-refractivity contribution < 1.29 is 14.4 Å². The Hall–Kier alpha value is -3.21. The number of thiophene rings is 1. The minimum atomic E-state index is -0.601. The molecule has 0 spiro atoms. The summed E-state index contributed by atoms with van der Waals surface area (Å²) in [6, 6.07) is 12.6. The molecule has 0 bridgehead atoms. The largest absolute Gasteiger partial charge is 0.322 e. The molecule has 0 radical (unpaired) electrons. The van der Waals surface area contributed by atoms with E-state index in [9.17, 15) is 14.4 Å². The number of nitrogens with one attached hydrogen (secondary N) is 3. The summed E-state index contributed by atoms with van der Waals surface area (Å²) in [6.45, 7) is 2.19. The van der Waals surface area contributed by atoms with Crippen LogP contribution in [0.2, 0.25) is 5.02 Å². The summed E-state index contributed by atoms with van der Waals surface area (Å²) < 4.78 is 1.58. The molecule has 2 aliphatic rings. The van der Waals surface area contributed by atoms with E-state index in [1.165, 1.54) is 11.3 Å². The van der Waals surface area contributed by atoms with Crippen molar-refractivity contribution in [3.8, 4) is 10.6 Å². The summed E-state index contributed by atoms with van der Waals surface area (Å²) in [5.74, 6) is -0.576. The lowest BCUT2D eigenvalue weighted by Gasteiger charge is -2.30. The number of hydrogen-bond donors (Lipinski definition) is 3. The van der Waals surface area contributed by atoms with E-state index in [1.807, 2.05) is 24.4 Å². The van der Waals surface area contributed by atoms with Crippen molar-refractivity contribution in [2.24, 2.45) is 5.92 Å². The fourth-order valence-corrected chi connectivity index (χ4v) is 5.01. The molecule has 3 N–H and O–H groups in total. The van der Waals surface area contributed by atoms with Crippen LogP contribution in [0.3, 0.4) is 0 Å². The van der Waals surface area contributed by atoms with Gasteiger partial charge in [0, 0.05) is 42.2 Å². The summed E-state index contributed by atoms with van der Waals surface area (Å²) in [5, 5.41) is 16.3. The lowest BCUT2D eigenvalue weighted by Crippen LogP contribution is -2.52. The zero-order valence-electron chi connectivity index (χ0n) is 18.3. The molecular formula is C23H23ClN6O3S. The number of benzene rings is 1. The monoisotopic (exact) mass is 498 g/mol. The van der Waals surface area contributed by atoms with Gasteiger partial charge in [-0.3, -0.25) is 19.7 Å². The number of rotatable bonds is 5. The fraction of sp³-hybridized carbons (Fsp3) is 0.304. The zero-order chi connectivity index (χ0) is 23.8. The number of amides is 3. The maximum absolute atomic E-state index is 13.2. The van der Waals surface area contributed by atoms with Crippen LogP contribution in [-0.2, 0) is 14.4 Å². The van der Waals surface area contributed by atoms with Gasteiger partial charge in [-0.1, -0.05) is 17.7 Å². The van der Waals surface area contributed by atoms with Crippen molar-refractivity contribution in [3.05, 3.63) is 52.9 Å². The van der Waals surface area contributed by atoms with Crippen LogP contribution in [-0.4, -0.2) is 40.1 Å². The number of carbonyl (C=O) groups excluding carboxylic acids is 3. The van der Waals surface area contributed by atoms with Crippen LogP contribution >= 0.6 is 22.9 Å². The Morgan fingerprint density at radius 3 is 2.71 bits per heavy atom. The van der Waals surface area contributed by atoms with Gasteiger partial charge in [-0.05, 0) is 42.6 Å². The smallest absolute Gasteiger partial charge is 0.230 e. The number of carbonyl (C=O) groups is 3. The van der Waals surface area contributed by atoms with Crippen LogP contribution < -0.4 is 20.9 Å². The van der Waals surface area contributed by atoms with Crippen molar-refractivity contribution in [1.29, 1.82) is 0 Å². The van der Waals surface area contributed by atoms with Gasteiger partial charge in [0.2, 0.25) is 17.7 Å². The van der Waals surface area contributed by atoms with Crippen molar-refractivity contribution >= 4 is 52.2 Å². The van der Waals surface area contributed by atoms with Gasteiger partial charge >= 0.3 is 0 Å². The molecule has 3 unspecified atom stereocenters. The second kappa shape index (κ2) is 9.21. The Morgan fingerprint density at radius 2 is 2.00 bits per heavy atom. The molecule has 176 valence electrons. The summed E-state index contributed by atoms with van der Waals surface area (Å²) in [4.78, 5) is 40.5. The first-order chi connectivity index (χ1) is 16.4. The van der Waals surface area contributed by atoms with Crippen LogP contribution in [0.4, 0.5) is 11.5 Å². The lowest BCUT2D eigenvalue weighted by molar-refractivity contribution is -0.125. The molecule has 2 saturated heterocycles. The average molecular weight is 499 g/mol. The standard InChI is InChI=1S/C23H23ClN6O3S/c1-13-9-20(31)27-23(25-13)30-19(11-17(28-30)18-3-2-8-34-18)26-22(33)14-10-21(32)29(12-14)16-6-4-15(24)5-7-16/h2-8,11,13-14,23,25H,9-10,12H2,1H3,(H,26,33)(H,27,31). The van der Waals surface area contributed by atoms with Gasteiger partial charge in [-0.15, -0.1) is 11.3 Å². The third-order valence-electron chi connectivity index (χ3n) is 5.87. The van der Waals surface area contributed by atoms with Crippen LogP contribution in [0.15, 0.2) is 47.8 Å². The van der Waals surface area contributed by atoms with Crippen molar-refractivity contribution in [1.82, 2.24) is 20.4 Å². The molecule has 3 amide bonds. The van der Waals surface area contributed by atoms with Gasteiger partial charge in [-0.25, -0.2) is 4.68 Å². The number of halogens is 1. The third kappa shape index (κ3) is 4.56. The molecule has 3 atom stereocenters. The molecule has 2 aliphatic heterocycles. The van der Waals surface area contributed by atoms with E-state index in [0.29, 0.717) is 28.6 Å². The predicted molar refractivity (Wildman–Crippen MR) is 130 cm³/mol. The van der Waals surface area contributed by atoms with Crippen LogP contribution in [0.1, 0.15) is 26.1 Å². The van der Waals surface area contributed by atoms with E-state index in [4.69, 9.17) is 11.6 Å². The SMILES string of the molecule is CC1CC(=O)NC(n2nc(-c3cccs3)cc2NC(=O)C2CC(=O)N(c3ccc(Cl)cc3)C2)N1.